The Hall–Kier alpha value is -0.0400. The Morgan fingerprint density at radius 2 is 1.12 bits per heavy atom. The average Bonchev–Trinajstić information content (AvgIpc) is 3.15. The number of hydrogen-bond donors (Lipinski definition) is 0. The van der Waals surface area contributed by atoms with Crippen molar-refractivity contribution >= 4 is 0 Å². The van der Waals surface area contributed by atoms with Crippen molar-refractivity contribution in [3.63, 3.8) is 0 Å². The highest BCUT2D eigenvalue weighted by molar-refractivity contribution is 4.82. The minimum atomic E-state index is 0.526. The van der Waals surface area contributed by atoms with E-state index in [9.17, 15) is 0 Å². The second-order valence-corrected chi connectivity index (χ2v) is 5.49. The smallest absolute Gasteiger partial charge is 0.113 e. The fraction of sp³-hybridized carbons (Fsp3) is 0.938. The topological polar surface area (TPSA) is 12.5 Å². The molecule has 0 spiro atoms. The largest absolute Gasteiger partial charge is 0.367 e. The van der Waals surface area contributed by atoms with E-state index in [0.29, 0.717) is 6.10 Å². The second kappa shape index (κ2) is 11.1. The second-order valence-electron chi connectivity index (χ2n) is 5.49. The molecule has 0 aromatic rings. The maximum Gasteiger partial charge on any atom is 0.113 e. The van der Waals surface area contributed by atoms with Crippen molar-refractivity contribution in [1.82, 2.24) is 0 Å². The third-order valence-corrected chi connectivity index (χ3v) is 3.67. The highest BCUT2D eigenvalue weighted by Gasteiger charge is 2.21. The van der Waals surface area contributed by atoms with Crippen LogP contribution in [0.4, 0.5) is 0 Å². The van der Waals surface area contributed by atoms with E-state index in [1.807, 2.05) is 6.61 Å². The molecule has 0 amide bonds. The van der Waals surface area contributed by atoms with Gasteiger partial charge < -0.3 is 4.74 Å². The highest BCUT2D eigenvalue weighted by atomic mass is 16.6. The molecule has 0 bridgehead atoms. The zero-order chi connectivity index (χ0) is 12.2. The first-order valence-electron chi connectivity index (χ1n) is 7.92. The van der Waals surface area contributed by atoms with Crippen molar-refractivity contribution < 1.29 is 4.74 Å². The van der Waals surface area contributed by atoms with Crippen LogP contribution >= 0.6 is 0 Å². The minimum absolute atomic E-state index is 0.526. The molecule has 0 aliphatic carbocycles. The van der Waals surface area contributed by atoms with Gasteiger partial charge in [0.05, 0.1) is 6.10 Å². The van der Waals surface area contributed by atoms with Gasteiger partial charge in [-0.05, 0) is 6.42 Å². The summed E-state index contributed by atoms with van der Waals surface area (Å²) in [5, 5.41) is 0. The molecule has 0 saturated carbocycles. The molecule has 1 atom stereocenters. The Kier molecular flexibility index (Phi) is 9.78. The van der Waals surface area contributed by atoms with Gasteiger partial charge in [-0.1, -0.05) is 84.0 Å². The lowest BCUT2D eigenvalue weighted by Crippen LogP contribution is -1.85. The van der Waals surface area contributed by atoms with Crippen LogP contribution in [0, 0.1) is 6.61 Å². The van der Waals surface area contributed by atoms with Crippen LogP contribution in [0.2, 0.25) is 0 Å². The summed E-state index contributed by atoms with van der Waals surface area (Å²) in [5.74, 6) is 0. The van der Waals surface area contributed by atoms with Crippen molar-refractivity contribution in [2.75, 3.05) is 0 Å². The summed E-state index contributed by atoms with van der Waals surface area (Å²) in [5.41, 5.74) is 0. The summed E-state index contributed by atoms with van der Waals surface area (Å²) in [7, 11) is 0. The van der Waals surface area contributed by atoms with Crippen molar-refractivity contribution in [3.05, 3.63) is 6.61 Å². The SMILES string of the molecule is CCCCCCCCCCCCCCC1[CH]O1. The van der Waals surface area contributed by atoms with E-state index >= 15 is 0 Å². The van der Waals surface area contributed by atoms with Crippen LogP contribution in [-0.4, -0.2) is 6.10 Å². The van der Waals surface area contributed by atoms with Gasteiger partial charge in [0.1, 0.15) is 6.61 Å². The maximum absolute atomic E-state index is 5.08. The standard InChI is InChI=1S/C16H31O/c1-2-3-4-5-6-7-8-9-10-11-12-13-14-16-15-17-16/h15-16H,2-14H2,1H3. The molecule has 1 aliphatic rings. The van der Waals surface area contributed by atoms with Crippen LogP contribution in [0.15, 0.2) is 0 Å². The number of unbranched alkanes of at least 4 members (excludes halogenated alkanes) is 11. The van der Waals surface area contributed by atoms with Crippen LogP contribution in [0.1, 0.15) is 90.4 Å². The molecule has 1 aliphatic heterocycles. The molecule has 0 aromatic carbocycles. The fourth-order valence-electron chi connectivity index (χ4n) is 2.38. The Bertz CT molecular complexity index is 152. The van der Waals surface area contributed by atoms with E-state index in [1.165, 1.54) is 83.5 Å². The predicted molar refractivity (Wildman–Crippen MR) is 74.9 cm³/mol. The molecule has 101 valence electrons. The molecular weight excluding hydrogens is 208 g/mol. The summed E-state index contributed by atoms with van der Waals surface area (Å²) >= 11 is 0. The van der Waals surface area contributed by atoms with Crippen LogP contribution in [0.25, 0.3) is 0 Å². The molecule has 1 fully saturated rings. The molecule has 0 aromatic heterocycles. The normalized spacial score (nSPS) is 18.5. The first kappa shape index (κ1) is 15.0. The van der Waals surface area contributed by atoms with Crippen LogP contribution in [-0.2, 0) is 4.74 Å². The van der Waals surface area contributed by atoms with Gasteiger partial charge in [0, 0.05) is 0 Å². The summed E-state index contributed by atoms with van der Waals surface area (Å²) in [6, 6.07) is 0. The van der Waals surface area contributed by atoms with E-state index < -0.39 is 0 Å². The van der Waals surface area contributed by atoms with E-state index in [4.69, 9.17) is 4.74 Å². The molecule has 1 radical (unpaired) electrons. The lowest BCUT2D eigenvalue weighted by molar-refractivity contribution is 0.399. The Balaban J connectivity index is 1.61. The first-order valence-corrected chi connectivity index (χ1v) is 7.92. The fourth-order valence-corrected chi connectivity index (χ4v) is 2.38. The van der Waals surface area contributed by atoms with Gasteiger partial charge in [0.15, 0.2) is 0 Å². The van der Waals surface area contributed by atoms with Crippen LogP contribution < -0.4 is 0 Å². The predicted octanol–water partition coefficient (Wildman–Crippen LogP) is 5.64. The molecule has 1 saturated heterocycles. The van der Waals surface area contributed by atoms with Gasteiger partial charge in [0.25, 0.3) is 0 Å². The quantitative estimate of drug-likeness (QED) is 0.299. The monoisotopic (exact) mass is 239 g/mol. The van der Waals surface area contributed by atoms with Crippen molar-refractivity contribution in [1.29, 1.82) is 0 Å². The summed E-state index contributed by atoms with van der Waals surface area (Å²) in [4.78, 5) is 0. The van der Waals surface area contributed by atoms with Crippen molar-refractivity contribution in [2.45, 2.75) is 96.5 Å². The van der Waals surface area contributed by atoms with Gasteiger partial charge in [-0.15, -0.1) is 0 Å². The molecule has 17 heavy (non-hydrogen) atoms. The third-order valence-electron chi connectivity index (χ3n) is 3.67. The van der Waals surface area contributed by atoms with Gasteiger partial charge in [0.2, 0.25) is 0 Å². The zero-order valence-electron chi connectivity index (χ0n) is 11.8. The summed E-state index contributed by atoms with van der Waals surface area (Å²) < 4.78 is 5.08. The first-order chi connectivity index (χ1) is 8.43. The van der Waals surface area contributed by atoms with Crippen molar-refractivity contribution in [2.24, 2.45) is 0 Å². The van der Waals surface area contributed by atoms with Crippen molar-refractivity contribution in [3.8, 4) is 0 Å². The maximum atomic E-state index is 5.08. The number of hydrogen-bond acceptors (Lipinski definition) is 1. The third kappa shape index (κ3) is 10.8. The number of epoxide rings is 1. The Labute approximate surface area is 108 Å². The van der Waals surface area contributed by atoms with Crippen LogP contribution in [0.3, 0.4) is 0 Å². The van der Waals surface area contributed by atoms with E-state index in [0.717, 1.165) is 0 Å². The number of rotatable bonds is 13. The molecule has 1 unspecified atom stereocenters. The Morgan fingerprint density at radius 1 is 0.706 bits per heavy atom. The average molecular weight is 239 g/mol. The summed E-state index contributed by atoms with van der Waals surface area (Å²) in [6.07, 6.45) is 19.0. The van der Waals surface area contributed by atoms with Gasteiger partial charge in [-0.3, -0.25) is 0 Å². The lowest BCUT2D eigenvalue weighted by Gasteiger charge is -2.02. The van der Waals surface area contributed by atoms with E-state index in [1.54, 1.807) is 0 Å². The number of ether oxygens (including phenoxy) is 1. The van der Waals surface area contributed by atoms with Gasteiger partial charge in [-0.25, -0.2) is 0 Å². The highest BCUT2D eigenvalue weighted by Crippen LogP contribution is 2.22. The molecule has 1 nitrogen and oxygen atoms in total. The van der Waals surface area contributed by atoms with Gasteiger partial charge >= 0.3 is 0 Å². The minimum Gasteiger partial charge on any atom is -0.367 e. The Morgan fingerprint density at radius 3 is 1.53 bits per heavy atom. The lowest BCUT2D eigenvalue weighted by atomic mass is 10.0. The zero-order valence-corrected chi connectivity index (χ0v) is 11.8. The molecule has 1 heteroatoms. The van der Waals surface area contributed by atoms with E-state index in [2.05, 4.69) is 6.92 Å². The van der Waals surface area contributed by atoms with Gasteiger partial charge in [-0.2, -0.15) is 0 Å². The van der Waals surface area contributed by atoms with E-state index in [-0.39, 0.29) is 0 Å². The molecule has 0 N–H and O–H groups in total. The molecule has 1 heterocycles. The summed E-state index contributed by atoms with van der Waals surface area (Å²) in [6.45, 7) is 4.24. The molecular formula is C16H31O. The van der Waals surface area contributed by atoms with Crippen LogP contribution in [0.5, 0.6) is 0 Å². The molecule has 1 rings (SSSR count).